The van der Waals surface area contributed by atoms with Gasteiger partial charge in [-0.1, -0.05) is 6.07 Å². The summed E-state index contributed by atoms with van der Waals surface area (Å²) in [5, 5.41) is 12.0. The first kappa shape index (κ1) is 31.4. The van der Waals surface area contributed by atoms with Gasteiger partial charge in [-0.25, -0.2) is 4.39 Å². The molecule has 2 amide bonds. The molecule has 3 aliphatic rings. The summed E-state index contributed by atoms with van der Waals surface area (Å²) < 4.78 is 13.9. The summed E-state index contributed by atoms with van der Waals surface area (Å²) in [6.07, 6.45) is 6.61. The number of amides is 2. The molecule has 0 unspecified atom stereocenters. The molecule has 6 rings (SSSR count). The molecule has 0 aliphatic carbocycles. The number of likely N-dealkylation sites (tertiary alicyclic amines) is 2. The van der Waals surface area contributed by atoms with Crippen LogP contribution in [0.15, 0.2) is 60.8 Å². The van der Waals surface area contributed by atoms with E-state index < -0.39 is 5.82 Å². The minimum atomic E-state index is -0.505. The lowest BCUT2D eigenvalue weighted by Gasteiger charge is -2.32. The van der Waals surface area contributed by atoms with Gasteiger partial charge in [-0.3, -0.25) is 24.3 Å². The van der Waals surface area contributed by atoms with Gasteiger partial charge >= 0.3 is 0 Å². The molecule has 2 aromatic carbocycles. The molecule has 10 heteroatoms. The van der Waals surface area contributed by atoms with E-state index in [0.29, 0.717) is 38.0 Å². The number of ketones is 1. The van der Waals surface area contributed by atoms with Crippen LogP contribution in [0.2, 0.25) is 0 Å². The maximum atomic E-state index is 13.9. The molecular weight excluding hydrogens is 583 g/mol. The van der Waals surface area contributed by atoms with Crippen LogP contribution in [0.4, 0.5) is 10.1 Å². The molecule has 4 heterocycles. The van der Waals surface area contributed by atoms with Crippen LogP contribution in [0, 0.1) is 23.1 Å². The molecule has 0 saturated carbocycles. The number of pyridine rings is 1. The fourth-order valence-corrected chi connectivity index (χ4v) is 6.72. The van der Waals surface area contributed by atoms with Crippen LogP contribution in [0.1, 0.15) is 80.9 Å². The van der Waals surface area contributed by atoms with Gasteiger partial charge in [0.2, 0.25) is 0 Å². The topological polar surface area (TPSA) is 110 Å². The summed E-state index contributed by atoms with van der Waals surface area (Å²) in [6.45, 7) is 5.21. The Kier molecular flexibility index (Phi) is 9.69. The monoisotopic (exact) mass is 622 g/mol. The van der Waals surface area contributed by atoms with Crippen LogP contribution >= 0.6 is 0 Å². The number of aromatic nitrogens is 1. The Hall–Kier alpha value is -4.62. The minimum Gasteiger partial charge on any atom is -0.372 e. The Balaban J connectivity index is 0.941. The normalized spacial score (nSPS) is 17.9. The number of carbonyl (C=O) groups is 3. The van der Waals surface area contributed by atoms with E-state index in [1.54, 1.807) is 23.1 Å². The highest BCUT2D eigenvalue weighted by atomic mass is 19.1. The van der Waals surface area contributed by atoms with E-state index in [-0.39, 0.29) is 40.8 Å². The highest BCUT2D eigenvalue weighted by Crippen LogP contribution is 2.26. The molecule has 1 N–H and O–H groups in total. The van der Waals surface area contributed by atoms with E-state index in [0.717, 1.165) is 50.1 Å². The number of halogens is 1. The molecule has 0 bridgehead atoms. The van der Waals surface area contributed by atoms with E-state index in [4.69, 9.17) is 5.26 Å². The van der Waals surface area contributed by atoms with Crippen LogP contribution < -0.4 is 10.2 Å². The molecule has 3 saturated heterocycles. The zero-order valence-corrected chi connectivity index (χ0v) is 26.0. The number of anilines is 1. The van der Waals surface area contributed by atoms with Crippen molar-refractivity contribution in [1.29, 1.82) is 5.26 Å². The van der Waals surface area contributed by atoms with E-state index in [9.17, 15) is 18.8 Å². The molecular formula is C36H39FN6O3. The third-order valence-electron chi connectivity index (χ3n) is 9.50. The standard InChI is InChI=1S/C36H39FN6O3/c37-32-21-25(3-4-28(32)22-38)24-41-17-13-30(14-18-41)40-35(45)29-7-10-33(39-23-29)36(46)43-19-11-27(12-20-43)34(44)26-5-8-31(9-6-26)42-15-1-2-16-42/h3-10,21,23,27,30H,1-2,11-20,24H2,(H,40,45). The number of piperidine rings is 2. The Morgan fingerprint density at radius 2 is 1.57 bits per heavy atom. The molecule has 3 aromatic rings. The average Bonchev–Trinajstić information content (AvgIpc) is 3.64. The SMILES string of the molecule is N#Cc1ccc(CN2CCC(NC(=O)c3ccc(C(=O)N4CCC(C(=O)c5ccc(N6CCCC6)cc5)CC4)nc3)CC2)cc1F. The number of nitrogens with one attached hydrogen (secondary N) is 1. The second-order valence-electron chi connectivity index (χ2n) is 12.6. The van der Waals surface area contributed by atoms with Crippen LogP contribution in [-0.2, 0) is 6.54 Å². The van der Waals surface area contributed by atoms with Crippen LogP contribution in [-0.4, -0.2) is 77.7 Å². The Bertz CT molecular complexity index is 1600. The molecule has 9 nitrogen and oxygen atoms in total. The molecule has 46 heavy (non-hydrogen) atoms. The third-order valence-corrected chi connectivity index (χ3v) is 9.50. The van der Waals surface area contributed by atoms with Gasteiger partial charge in [-0.05, 0) is 92.6 Å². The van der Waals surface area contributed by atoms with E-state index in [1.165, 1.54) is 36.9 Å². The average molecular weight is 623 g/mol. The number of hydrogen-bond acceptors (Lipinski definition) is 7. The van der Waals surface area contributed by atoms with Gasteiger partial charge in [-0.15, -0.1) is 0 Å². The van der Waals surface area contributed by atoms with Crippen molar-refractivity contribution in [2.75, 3.05) is 44.2 Å². The van der Waals surface area contributed by atoms with Crippen molar-refractivity contribution < 1.29 is 18.8 Å². The van der Waals surface area contributed by atoms with Crippen molar-refractivity contribution in [2.45, 2.75) is 51.1 Å². The van der Waals surface area contributed by atoms with E-state index in [1.807, 2.05) is 30.3 Å². The zero-order chi connectivity index (χ0) is 32.0. The van der Waals surface area contributed by atoms with Gasteiger partial charge < -0.3 is 15.1 Å². The molecule has 3 fully saturated rings. The lowest BCUT2D eigenvalue weighted by atomic mass is 9.88. The Labute approximate surface area is 269 Å². The second-order valence-corrected chi connectivity index (χ2v) is 12.6. The van der Waals surface area contributed by atoms with Crippen molar-refractivity contribution in [3.63, 3.8) is 0 Å². The van der Waals surface area contributed by atoms with Crippen molar-refractivity contribution >= 4 is 23.3 Å². The number of hydrogen-bond donors (Lipinski definition) is 1. The van der Waals surface area contributed by atoms with Gasteiger partial charge in [-0.2, -0.15) is 5.26 Å². The van der Waals surface area contributed by atoms with Crippen molar-refractivity contribution in [2.24, 2.45) is 5.92 Å². The summed E-state index contributed by atoms with van der Waals surface area (Å²) in [4.78, 5) is 49.8. The van der Waals surface area contributed by atoms with E-state index >= 15 is 0 Å². The number of nitriles is 1. The first-order chi connectivity index (χ1) is 22.4. The lowest BCUT2D eigenvalue weighted by Crippen LogP contribution is -2.44. The highest BCUT2D eigenvalue weighted by molar-refractivity contribution is 5.99. The molecule has 1 aromatic heterocycles. The Morgan fingerprint density at radius 1 is 0.870 bits per heavy atom. The lowest BCUT2D eigenvalue weighted by molar-refractivity contribution is 0.0645. The minimum absolute atomic E-state index is 0.00905. The van der Waals surface area contributed by atoms with Gasteiger partial charge in [0.05, 0.1) is 11.1 Å². The fourth-order valence-electron chi connectivity index (χ4n) is 6.72. The van der Waals surface area contributed by atoms with Crippen LogP contribution in [0.3, 0.4) is 0 Å². The van der Waals surface area contributed by atoms with Crippen molar-refractivity contribution in [3.05, 3.63) is 94.6 Å². The number of rotatable bonds is 8. The van der Waals surface area contributed by atoms with Crippen LogP contribution in [0.25, 0.3) is 0 Å². The smallest absolute Gasteiger partial charge is 0.272 e. The summed E-state index contributed by atoms with van der Waals surface area (Å²) in [6, 6.07) is 17.7. The fraction of sp³-hybridized carbons (Fsp3) is 0.417. The van der Waals surface area contributed by atoms with Crippen molar-refractivity contribution in [1.82, 2.24) is 20.1 Å². The maximum Gasteiger partial charge on any atom is 0.272 e. The summed E-state index contributed by atoms with van der Waals surface area (Å²) in [7, 11) is 0. The predicted molar refractivity (Wildman–Crippen MR) is 172 cm³/mol. The highest BCUT2D eigenvalue weighted by Gasteiger charge is 2.29. The maximum absolute atomic E-state index is 13.9. The summed E-state index contributed by atoms with van der Waals surface area (Å²) >= 11 is 0. The van der Waals surface area contributed by atoms with Crippen molar-refractivity contribution in [3.8, 4) is 6.07 Å². The first-order valence-corrected chi connectivity index (χ1v) is 16.2. The van der Waals surface area contributed by atoms with Crippen LogP contribution in [0.5, 0.6) is 0 Å². The number of benzene rings is 2. The predicted octanol–water partition coefficient (Wildman–Crippen LogP) is 4.82. The number of carbonyl (C=O) groups excluding carboxylic acids is 3. The van der Waals surface area contributed by atoms with Gasteiger partial charge in [0.25, 0.3) is 11.8 Å². The first-order valence-electron chi connectivity index (χ1n) is 16.2. The van der Waals surface area contributed by atoms with Gasteiger partial charge in [0, 0.05) is 75.2 Å². The third kappa shape index (κ3) is 7.26. The number of Topliss-reactive ketones (excluding diaryl/α,β-unsaturated/α-hetero) is 1. The van der Waals surface area contributed by atoms with E-state index in [2.05, 4.69) is 20.1 Å². The largest absolute Gasteiger partial charge is 0.372 e. The molecule has 0 spiro atoms. The summed E-state index contributed by atoms with van der Waals surface area (Å²) in [5.41, 5.74) is 3.44. The quantitative estimate of drug-likeness (QED) is 0.359. The Morgan fingerprint density at radius 3 is 2.20 bits per heavy atom. The zero-order valence-electron chi connectivity index (χ0n) is 26.0. The molecule has 0 radical (unpaired) electrons. The summed E-state index contributed by atoms with van der Waals surface area (Å²) in [5.74, 6) is -0.892. The molecule has 0 atom stereocenters. The van der Waals surface area contributed by atoms with Gasteiger partial charge in [0.1, 0.15) is 17.6 Å². The molecule has 3 aliphatic heterocycles. The number of nitrogens with zero attached hydrogens (tertiary/aromatic N) is 5. The molecule has 238 valence electrons. The second kappa shape index (κ2) is 14.2. The van der Waals surface area contributed by atoms with Gasteiger partial charge in [0.15, 0.2) is 5.78 Å².